The van der Waals surface area contributed by atoms with Gasteiger partial charge in [0.15, 0.2) is 5.16 Å². The minimum atomic E-state index is -0.181. The summed E-state index contributed by atoms with van der Waals surface area (Å²) >= 11 is 1.75. The van der Waals surface area contributed by atoms with Crippen molar-refractivity contribution in [1.29, 1.82) is 0 Å². The number of H-pyrrole nitrogens is 1. The molecule has 1 aliphatic rings. The first-order valence-electron chi connectivity index (χ1n) is 8.02. The van der Waals surface area contributed by atoms with Gasteiger partial charge in [0, 0.05) is 37.5 Å². The van der Waals surface area contributed by atoms with Crippen molar-refractivity contribution in [2.75, 3.05) is 31.1 Å². The summed E-state index contributed by atoms with van der Waals surface area (Å²) in [6.07, 6.45) is 2.22. The smallest absolute Gasteiger partial charge is 0.166 e. The van der Waals surface area contributed by atoms with Crippen LogP contribution in [0, 0.1) is 5.82 Å². The average Bonchev–Trinajstić information content (AvgIpc) is 2.93. The van der Waals surface area contributed by atoms with E-state index in [1.54, 1.807) is 17.8 Å². The molecule has 4 nitrogen and oxygen atoms in total. The molecule has 1 aliphatic heterocycles. The highest BCUT2D eigenvalue weighted by atomic mass is 35.5. The van der Waals surface area contributed by atoms with Gasteiger partial charge in [0.25, 0.3) is 0 Å². The van der Waals surface area contributed by atoms with Gasteiger partial charge >= 0.3 is 0 Å². The van der Waals surface area contributed by atoms with Crippen LogP contribution in [0.4, 0.5) is 10.1 Å². The molecule has 1 saturated heterocycles. The minimum Gasteiger partial charge on any atom is -0.367 e. The minimum absolute atomic E-state index is 0. The van der Waals surface area contributed by atoms with Crippen molar-refractivity contribution in [2.45, 2.75) is 37.1 Å². The standard InChI is InChI=1S/C16H23FN4S.2ClH/c1-3-11(4-2)22-16-19-13-9-12(17)15(10-14(13)20-16)21-7-5-18-6-8-21;;/h9-11,18H,3-8H2,1-2H3,(H,19,20);2*1H. The number of rotatable bonds is 5. The van der Waals surface area contributed by atoms with Gasteiger partial charge in [-0.3, -0.25) is 0 Å². The monoisotopic (exact) mass is 394 g/mol. The number of hydrogen-bond acceptors (Lipinski definition) is 4. The van der Waals surface area contributed by atoms with Gasteiger partial charge in [-0.2, -0.15) is 0 Å². The third kappa shape index (κ3) is 4.69. The van der Waals surface area contributed by atoms with E-state index in [0.29, 0.717) is 16.5 Å². The van der Waals surface area contributed by atoms with Crippen LogP contribution < -0.4 is 10.2 Å². The SMILES string of the molecule is CCC(CC)Sc1nc2cc(F)c(N3CCNCC3)cc2[nH]1.Cl.Cl. The highest BCUT2D eigenvalue weighted by Gasteiger charge is 2.17. The maximum absolute atomic E-state index is 14.4. The zero-order chi connectivity index (χ0) is 15.5. The molecule has 2 aromatic rings. The number of aromatic amines is 1. The molecular formula is C16H25Cl2FN4S. The number of aromatic nitrogens is 2. The number of piperazine rings is 1. The summed E-state index contributed by atoms with van der Waals surface area (Å²) in [6, 6.07) is 3.46. The van der Waals surface area contributed by atoms with Crippen LogP contribution in [0.15, 0.2) is 17.3 Å². The van der Waals surface area contributed by atoms with Crippen molar-refractivity contribution in [3.8, 4) is 0 Å². The molecule has 8 heteroatoms. The number of nitrogens with zero attached hydrogens (tertiary/aromatic N) is 2. The third-order valence-corrected chi connectivity index (χ3v) is 5.59. The molecule has 0 spiro atoms. The summed E-state index contributed by atoms with van der Waals surface area (Å²) in [5.74, 6) is -0.181. The lowest BCUT2D eigenvalue weighted by Crippen LogP contribution is -2.43. The Morgan fingerprint density at radius 3 is 2.50 bits per heavy atom. The number of imidazole rings is 1. The fourth-order valence-electron chi connectivity index (χ4n) is 2.81. The Hall–Kier alpha value is -0.690. The second-order valence-electron chi connectivity index (χ2n) is 5.66. The Bertz CT molecular complexity index is 642. The Morgan fingerprint density at radius 2 is 1.88 bits per heavy atom. The second kappa shape index (κ2) is 9.70. The molecule has 0 atom stereocenters. The van der Waals surface area contributed by atoms with Crippen molar-refractivity contribution >= 4 is 53.3 Å². The van der Waals surface area contributed by atoms with Crippen molar-refractivity contribution in [2.24, 2.45) is 0 Å². The highest BCUT2D eigenvalue weighted by Crippen LogP contribution is 2.30. The number of anilines is 1. The Balaban J connectivity index is 0.00000144. The van der Waals surface area contributed by atoms with Gasteiger partial charge in [-0.1, -0.05) is 25.6 Å². The zero-order valence-electron chi connectivity index (χ0n) is 14.0. The number of fused-ring (bicyclic) bond motifs is 1. The van der Waals surface area contributed by atoms with E-state index >= 15 is 0 Å². The Kier molecular flexibility index (Phi) is 8.63. The molecule has 1 aromatic heterocycles. The number of thioether (sulfide) groups is 1. The predicted molar refractivity (Wildman–Crippen MR) is 106 cm³/mol. The van der Waals surface area contributed by atoms with E-state index in [1.807, 2.05) is 6.07 Å². The van der Waals surface area contributed by atoms with E-state index in [9.17, 15) is 4.39 Å². The molecule has 3 rings (SSSR count). The van der Waals surface area contributed by atoms with Crippen LogP contribution in [0.25, 0.3) is 11.0 Å². The first kappa shape index (κ1) is 21.4. The molecule has 2 N–H and O–H groups in total. The van der Waals surface area contributed by atoms with Crippen molar-refractivity contribution in [3.05, 3.63) is 17.9 Å². The van der Waals surface area contributed by atoms with Gasteiger partial charge in [0.1, 0.15) is 5.82 Å². The molecule has 0 unspecified atom stereocenters. The molecule has 2 heterocycles. The van der Waals surface area contributed by atoms with E-state index in [2.05, 4.69) is 34.0 Å². The lowest BCUT2D eigenvalue weighted by molar-refractivity contribution is 0.567. The van der Waals surface area contributed by atoms with Crippen molar-refractivity contribution < 1.29 is 4.39 Å². The van der Waals surface area contributed by atoms with Gasteiger partial charge in [-0.05, 0) is 18.9 Å². The maximum Gasteiger partial charge on any atom is 0.166 e. The fourth-order valence-corrected chi connectivity index (χ4v) is 3.78. The maximum atomic E-state index is 14.4. The second-order valence-corrected chi connectivity index (χ2v) is 6.95. The number of benzene rings is 1. The van der Waals surface area contributed by atoms with Gasteiger partial charge in [0.05, 0.1) is 16.7 Å². The Morgan fingerprint density at radius 1 is 1.21 bits per heavy atom. The molecular weight excluding hydrogens is 370 g/mol. The quantitative estimate of drug-likeness (QED) is 0.744. The normalized spacial score (nSPS) is 14.6. The highest BCUT2D eigenvalue weighted by molar-refractivity contribution is 7.99. The van der Waals surface area contributed by atoms with Crippen LogP contribution >= 0.6 is 36.6 Å². The van der Waals surface area contributed by atoms with E-state index in [-0.39, 0.29) is 30.6 Å². The molecule has 1 aromatic carbocycles. The van der Waals surface area contributed by atoms with Gasteiger partial charge in [0.2, 0.25) is 0 Å². The van der Waals surface area contributed by atoms with Crippen LogP contribution in [-0.2, 0) is 0 Å². The van der Waals surface area contributed by atoms with Gasteiger partial charge in [-0.25, -0.2) is 9.37 Å². The first-order valence-corrected chi connectivity index (χ1v) is 8.90. The fraction of sp³-hybridized carbons (Fsp3) is 0.562. The lowest BCUT2D eigenvalue weighted by atomic mass is 10.2. The van der Waals surface area contributed by atoms with Crippen molar-refractivity contribution in [3.63, 3.8) is 0 Å². The van der Waals surface area contributed by atoms with E-state index in [4.69, 9.17) is 0 Å². The summed E-state index contributed by atoms with van der Waals surface area (Å²) in [5, 5.41) is 4.74. The van der Waals surface area contributed by atoms with Crippen LogP contribution in [0.3, 0.4) is 0 Å². The largest absolute Gasteiger partial charge is 0.367 e. The molecule has 0 radical (unpaired) electrons. The molecule has 0 bridgehead atoms. The van der Waals surface area contributed by atoms with Crippen LogP contribution in [0.1, 0.15) is 26.7 Å². The van der Waals surface area contributed by atoms with E-state index in [0.717, 1.165) is 49.7 Å². The Labute approximate surface area is 159 Å². The predicted octanol–water partition coefficient (Wildman–Crippen LogP) is 4.24. The molecule has 24 heavy (non-hydrogen) atoms. The summed E-state index contributed by atoms with van der Waals surface area (Å²) < 4.78 is 14.4. The molecule has 136 valence electrons. The third-order valence-electron chi connectivity index (χ3n) is 4.18. The molecule has 0 amide bonds. The molecule has 0 aliphatic carbocycles. The molecule has 1 fully saturated rings. The van der Waals surface area contributed by atoms with Crippen molar-refractivity contribution in [1.82, 2.24) is 15.3 Å². The lowest BCUT2D eigenvalue weighted by Gasteiger charge is -2.29. The summed E-state index contributed by atoms with van der Waals surface area (Å²) in [7, 11) is 0. The summed E-state index contributed by atoms with van der Waals surface area (Å²) in [4.78, 5) is 9.97. The van der Waals surface area contributed by atoms with E-state index in [1.165, 1.54) is 0 Å². The summed E-state index contributed by atoms with van der Waals surface area (Å²) in [6.45, 7) is 7.85. The van der Waals surface area contributed by atoms with Gasteiger partial charge < -0.3 is 15.2 Å². The van der Waals surface area contributed by atoms with Gasteiger partial charge in [-0.15, -0.1) is 24.8 Å². The van der Waals surface area contributed by atoms with Crippen LogP contribution in [0.5, 0.6) is 0 Å². The average molecular weight is 395 g/mol. The summed E-state index contributed by atoms with van der Waals surface area (Å²) in [5.41, 5.74) is 2.31. The number of halogens is 3. The number of nitrogens with one attached hydrogen (secondary N) is 2. The zero-order valence-corrected chi connectivity index (χ0v) is 16.4. The topological polar surface area (TPSA) is 44.0 Å². The molecule has 0 saturated carbocycles. The number of hydrogen-bond donors (Lipinski definition) is 2. The van der Waals surface area contributed by atoms with E-state index < -0.39 is 0 Å². The van der Waals surface area contributed by atoms with Crippen LogP contribution in [0.2, 0.25) is 0 Å². The first-order chi connectivity index (χ1) is 10.7. The van der Waals surface area contributed by atoms with Crippen LogP contribution in [-0.4, -0.2) is 41.4 Å².